The third-order valence-electron chi connectivity index (χ3n) is 4.27. The summed E-state index contributed by atoms with van der Waals surface area (Å²) >= 11 is 1.29. The first-order valence-corrected chi connectivity index (χ1v) is 9.64. The van der Waals surface area contributed by atoms with E-state index in [1.807, 2.05) is 29.2 Å². The van der Waals surface area contributed by atoms with E-state index in [0.29, 0.717) is 22.6 Å². The second-order valence-corrected chi connectivity index (χ2v) is 6.94. The number of amides is 1. The Balaban J connectivity index is 1.59. The largest absolute Gasteiger partial charge is 0.496 e. The normalized spacial score (nSPS) is 15.5. The number of likely N-dealkylation sites (tertiary alicyclic amines) is 1. The molecule has 6 nitrogen and oxygen atoms in total. The lowest BCUT2D eigenvalue weighted by Crippen LogP contribution is -2.35. The zero-order chi connectivity index (χ0) is 17.5. The van der Waals surface area contributed by atoms with Crippen LogP contribution in [0.2, 0.25) is 0 Å². The van der Waals surface area contributed by atoms with E-state index in [1.165, 1.54) is 31.0 Å². The summed E-state index contributed by atoms with van der Waals surface area (Å²) in [6.07, 6.45) is 5.89. The van der Waals surface area contributed by atoms with Crippen molar-refractivity contribution in [2.24, 2.45) is 0 Å². The van der Waals surface area contributed by atoms with E-state index in [-0.39, 0.29) is 5.91 Å². The Bertz CT molecular complexity index is 696. The van der Waals surface area contributed by atoms with Gasteiger partial charge < -0.3 is 14.1 Å². The minimum atomic E-state index is 0.143. The van der Waals surface area contributed by atoms with Crippen molar-refractivity contribution in [3.05, 3.63) is 24.3 Å². The van der Waals surface area contributed by atoms with Gasteiger partial charge >= 0.3 is 0 Å². The zero-order valence-electron chi connectivity index (χ0n) is 14.4. The fourth-order valence-corrected chi connectivity index (χ4v) is 3.58. The molecule has 1 fully saturated rings. The van der Waals surface area contributed by atoms with Crippen LogP contribution in [0.25, 0.3) is 11.5 Å². The van der Waals surface area contributed by atoms with Crippen LogP contribution in [0, 0.1) is 0 Å². The lowest BCUT2D eigenvalue weighted by molar-refractivity contribution is -0.128. The average molecular weight is 361 g/mol. The molecule has 1 aromatic carbocycles. The Morgan fingerprint density at radius 3 is 2.64 bits per heavy atom. The summed E-state index contributed by atoms with van der Waals surface area (Å²) in [6, 6.07) is 7.49. The molecule has 1 aliphatic rings. The molecular formula is C18H23N3O3S. The molecule has 0 radical (unpaired) electrons. The van der Waals surface area contributed by atoms with Crippen molar-refractivity contribution in [2.75, 3.05) is 26.0 Å². The van der Waals surface area contributed by atoms with Gasteiger partial charge in [-0.25, -0.2) is 0 Å². The number of hydrogen-bond donors (Lipinski definition) is 0. The number of hydrogen-bond acceptors (Lipinski definition) is 6. The number of ether oxygens (including phenoxy) is 1. The smallest absolute Gasteiger partial charge is 0.277 e. The van der Waals surface area contributed by atoms with Crippen LogP contribution in [0.15, 0.2) is 33.9 Å². The van der Waals surface area contributed by atoms with Gasteiger partial charge in [-0.2, -0.15) is 0 Å². The Labute approximate surface area is 151 Å². The molecule has 0 N–H and O–H groups in total. The minimum Gasteiger partial charge on any atom is -0.496 e. The predicted octanol–water partition coefficient (Wildman–Crippen LogP) is 3.63. The Hall–Kier alpha value is -2.02. The molecule has 2 heterocycles. The summed E-state index contributed by atoms with van der Waals surface area (Å²) in [7, 11) is 1.60. The third-order valence-corrected chi connectivity index (χ3v) is 5.07. The molecule has 1 saturated heterocycles. The first-order chi connectivity index (χ1) is 12.3. The van der Waals surface area contributed by atoms with Crippen LogP contribution in [0.1, 0.15) is 32.1 Å². The fourth-order valence-electron chi connectivity index (χ4n) is 2.91. The Morgan fingerprint density at radius 1 is 1.16 bits per heavy atom. The number of aromatic nitrogens is 2. The second kappa shape index (κ2) is 8.89. The number of carbonyl (C=O) groups is 1. The molecular weight excluding hydrogens is 338 g/mol. The number of rotatable bonds is 5. The molecule has 7 heteroatoms. The van der Waals surface area contributed by atoms with E-state index in [0.717, 1.165) is 31.5 Å². The summed E-state index contributed by atoms with van der Waals surface area (Å²) < 4.78 is 11.0. The van der Waals surface area contributed by atoms with Crippen molar-refractivity contribution >= 4 is 17.7 Å². The van der Waals surface area contributed by atoms with Crippen molar-refractivity contribution in [3.63, 3.8) is 0 Å². The van der Waals surface area contributed by atoms with E-state index in [9.17, 15) is 4.79 Å². The molecule has 0 aliphatic carbocycles. The monoisotopic (exact) mass is 361 g/mol. The highest BCUT2D eigenvalue weighted by atomic mass is 32.2. The first-order valence-electron chi connectivity index (χ1n) is 8.65. The maximum Gasteiger partial charge on any atom is 0.277 e. The summed E-state index contributed by atoms with van der Waals surface area (Å²) in [5.74, 6) is 1.55. The van der Waals surface area contributed by atoms with Crippen LogP contribution >= 0.6 is 11.8 Å². The molecule has 1 aliphatic heterocycles. The van der Waals surface area contributed by atoms with E-state index >= 15 is 0 Å². The van der Waals surface area contributed by atoms with Gasteiger partial charge in [0.25, 0.3) is 11.1 Å². The van der Waals surface area contributed by atoms with Gasteiger partial charge in [0.2, 0.25) is 5.91 Å². The number of methoxy groups -OCH3 is 1. The summed E-state index contributed by atoms with van der Waals surface area (Å²) in [4.78, 5) is 14.4. The predicted molar refractivity (Wildman–Crippen MR) is 96.7 cm³/mol. The van der Waals surface area contributed by atoms with Crippen LogP contribution in [0.5, 0.6) is 5.75 Å². The van der Waals surface area contributed by atoms with Gasteiger partial charge in [0, 0.05) is 13.1 Å². The topological polar surface area (TPSA) is 68.5 Å². The minimum absolute atomic E-state index is 0.143. The molecule has 25 heavy (non-hydrogen) atoms. The molecule has 1 amide bonds. The highest BCUT2D eigenvalue weighted by molar-refractivity contribution is 7.99. The fraction of sp³-hybridized carbons (Fsp3) is 0.500. The molecule has 0 bridgehead atoms. The lowest BCUT2D eigenvalue weighted by Gasteiger charge is -2.24. The maximum atomic E-state index is 12.4. The van der Waals surface area contributed by atoms with E-state index < -0.39 is 0 Å². The van der Waals surface area contributed by atoms with Crippen LogP contribution in [-0.4, -0.2) is 47.0 Å². The number of para-hydroxylation sites is 1. The Kier molecular flexibility index (Phi) is 6.33. The van der Waals surface area contributed by atoms with Gasteiger partial charge in [-0.1, -0.05) is 43.2 Å². The number of nitrogens with zero attached hydrogens (tertiary/aromatic N) is 3. The van der Waals surface area contributed by atoms with Crippen molar-refractivity contribution in [2.45, 2.75) is 37.3 Å². The standard InChI is InChI=1S/C18H23N3O3S/c1-23-15-10-6-5-9-14(15)17-19-20-18(24-17)25-13-16(22)21-11-7-3-2-4-8-12-21/h5-6,9-10H,2-4,7-8,11-13H2,1H3. The van der Waals surface area contributed by atoms with Crippen molar-refractivity contribution in [3.8, 4) is 17.2 Å². The van der Waals surface area contributed by atoms with Gasteiger partial charge in [-0.05, 0) is 25.0 Å². The molecule has 0 spiro atoms. The highest BCUT2D eigenvalue weighted by Gasteiger charge is 2.18. The van der Waals surface area contributed by atoms with Crippen molar-refractivity contribution in [1.29, 1.82) is 0 Å². The molecule has 0 saturated carbocycles. The summed E-state index contributed by atoms with van der Waals surface area (Å²) in [6.45, 7) is 1.71. The number of benzene rings is 1. The van der Waals surface area contributed by atoms with Gasteiger partial charge in [0.15, 0.2) is 0 Å². The average Bonchev–Trinajstić information content (AvgIpc) is 3.08. The van der Waals surface area contributed by atoms with Crippen LogP contribution < -0.4 is 4.74 Å². The maximum absolute atomic E-state index is 12.4. The lowest BCUT2D eigenvalue weighted by atomic mass is 10.1. The molecule has 0 atom stereocenters. The number of carbonyl (C=O) groups excluding carboxylic acids is 1. The van der Waals surface area contributed by atoms with Gasteiger partial charge in [0.05, 0.1) is 18.4 Å². The van der Waals surface area contributed by atoms with Gasteiger partial charge in [0.1, 0.15) is 5.75 Å². The SMILES string of the molecule is COc1ccccc1-c1nnc(SCC(=O)N2CCCCCCC2)o1. The summed E-state index contributed by atoms with van der Waals surface area (Å²) in [5, 5.41) is 8.51. The highest BCUT2D eigenvalue weighted by Crippen LogP contribution is 2.30. The second-order valence-electron chi connectivity index (χ2n) is 6.01. The van der Waals surface area contributed by atoms with Crippen LogP contribution in [0.3, 0.4) is 0 Å². The quantitative estimate of drug-likeness (QED) is 0.758. The molecule has 2 aromatic rings. The van der Waals surface area contributed by atoms with Gasteiger partial charge in [-0.3, -0.25) is 4.79 Å². The molecule has 3 rings (SSSR count). The first kappa shape index (κ1) is 17.8. The third kappa shape index (κ3) is 4.75. The van der Waals surface area contributed by atoms with Crippen LogP contribution in [-0.2, 0) is 4.79 Å². The molecule has 1 aromatic heterocycles. The molecule has 0 unspecified atom stereocenters. The Morgan fingerprint density at radius 2 is 1.88 bits per heavy atom. The van der Waals surface area contributed by atoms with Crippen LogP contribution in [0.4, 0.5) is 0 Å². The summed E-state index contributed by atoms with van der Waals surface area (Å²) in [5.41, 5.74) is 0.749. The number of thioether (sulfide) groups is 1. The van der Waals surface area contributed by atoms with Crippen molar-refractivity contribution in [1.82, 2.24) is 15.1 Å². The van der Waals surface area contributed by atoms with E-state index in [1.54, 1.807) is 7.11 Å². The molecule has 134 valence electrons. The van der Waals surface area contributed by atoms with E-state index in [4.69, 9.17) is 9.15 Å². The van der Waals surface area contributed by atoms with Gasteiger partial charge in [-0.15, -0.1) is 10.2 Å². The zero-order valence-corrected chi connectivity index (χ0v) is 15.3. The van der Waals surface area contributed by atoms with Crippen molar-refractivity contribution < 1.29 is 13.9 Å². The van der Waals surface area contributed by atoms with E-state index in [2.05, 4.69) is 10.2 Å².